The van der Waals surface area contributed by atoms with Gasteiger partial charge in [0.2, 0.25) is 11.8 Å². The minimum Gasteiger partial charge on any atom is -0.341 e. The predicted molar refractivity (Wildman–Crippen MR) is 93.3 cm³/mol. The van der Waals surface area contributed by atoms with Crippen molar-refractivity contribution in [2.75, 3.05) is 26.2 Å². The van der Waals surface area contributed by atoms with Gasteiger partial charge < -0.3 is 9.80 Å². The fourth-order valence-corrected chi connectivity index (χ4v) is 6.45. The molecular weight excluding hydrogens is 300 g/mol. The smallest absolute Gasteiger partial charge is 0.228 e. The quantitative estimate of drug-likeness (QED) is 0.797. The summed E-state index contributed by atoms with van der Waals surface area (Å²) in [6, 6.07) is 0. The third-order valence-electron chi connectivity index (χ3n) is 7.09. The van der Waals surface area contributed by atoms with E-state index in [9.17, 15) is 9.59 Å². The lowest BCUT2D eigenvalue weighted by atomic mass is 9.49. The summed E-state index contributed by atoms with van der Waals surface area (Å²) in [5.74, 6) is 3.15. The maximum absolute atomic E-state index is 13.4. The fourth-order valence-electron chi connectivity index (χ4n) is 6.45. The van der Waals surface area contributed by atoms with E-state index in [0.29, 0.717) is 12.3 Å². The molecule has 0 unspecified atom stereocenters. The van der Waals surface area contributed by atoms with Crippen LogP contribution in [0.2, 0.25) is 0 Å². The Balaban J connectivity index is 1.43. The number of carbonyl (C=O) groups is 2. The van der Waals surface area contributed by atoms with Gasteiger partial charge in [0, 0.05) is 32.6 Å². The highest BCUT2D eigenvalue weighted by atomic mass is 16.2. The van der Waals surface area contributed by atoms with Crippen molar-refractivity contribution in [2.24, 2.45) is 23.2 Å². The zero-order valence-electron chi connectivity index (χ0n) is 15.1. The lowest BCUT2D eigenvalue weighted by molar-refractivity contribution is -0.157. The second-order valence-corrected chi connectivity index (χ2v) is 8.97. The third-order valence-corrected chi connectivity index (χ3v) is 7.09. The van der Waals surface area contributed by atoms with E-state index in [-0.39, 0.29) is 11.3 Å². The minimum atomic E-state index is -0.0304. The first-order chi connectivity index (χ1) is 11.6. The second kappa shape index (κ2) is 6.34. The highest BCUT2D eigenvalue weighted by Crippen LogP contribution is 2.60. The topological polar surface area (TPSA) is 40.6 Å². The van der Waals surface area contributed by atoms with E-state index in [1.165, 1.54) is 19.3 Å². The SMILES string of the molecule is CCCC(=O)N1CCCN(C(=O)C23CC4CC(CC(C4)C2)C3)CC1. The molecule has 5 aliphatic rings. The molecule has 0 atom stereocenters. The van der Waals surface area contributed by atoms with Crippen LogP contribution < -0.4 is 0 Å². The zero-order valence-corrected chi connectivity index (χ0v) is 15.1. The van der Waals surface area contributed by atoms with Crippen LogP contribution in [0, 0.1) is 23.2 Å². The molecule has 1 aliphatic heterocycles. The molecule has 5 rings (SSSR count). The Kier molecular flexibility index (Phi) is 4.34. The maximum Gasteiger partial charge on any atom is 0.228 e. The molecule has 4 nitrogen and oxygen atoms in total. The van der Waals surface area contributed by atoms with Gasteiger partial charge >= 0.3 is 0 Å². The van der Waals surface area contributed by atoms with Crippen LogP contribution in [0.25, 0.3) is 0 Å². The van der Waals surface area contributed by atoms with Crippen molar-refractivity contribution in [3.05, 3.63) is 0 Å². The molecule has 0 aromatic carbocycles. The molecule has 4 aliphatic carbocycles. The van der Waals surface area contributed by atoms with Crippen LogP contribution >= 0.6 is 0 Å². The van der Waals surface area contributed by atoms with Crippen LogP contribution in [0.1, 0.15) is 64.7 Å². The number of rotatable bonds is 3. The first kappa shape index (κ1) is 16.4. The van der Waals surface area contributed by atoms with Crippen molar-refractivity contribution >= 4 is 11.8 Å². The normalized spacial score (nSPS) is 38.3. The summed E-state index contributed by atoms with van der Waals surface area (Å²) in [6.07, 6.45) is 10.1. The molecule has 0 spiro atoms. The van der Waals surface area contributed by atoms with Gasteiger partial charge in [0.25, 0.3) is 0 Å². The van der Waals surface area contributed by atoms with Gasteiger partial charge in [0.05, 0.1) is 5.41 Å². The molecule has 134 valence electrons. The van der Waals surface area contributed by atoms with E-state index in [1.54, 1.807) is 0 Å². The van der Waals surface area contributed by atoms with E-state index in [2.05, 4.69) is 11.8 Å². The average Bonchev–Trinajstić information content (AvgIpc) is 2.79. The van der Waals surface area contributed by atoms with Crippen LogP contribution in [0.4, 0.5) is 0 Å². The van der Waals surface area contributed by atoms with Crippen LogP contribution in [-0.2, 0) is 9.59 Å². The Morgan fingerprint density at radius 2 is 1.42 bits per heavy atom. The Hall–Kier alpha value is -1.06. The molecule has 24 heavy (non-hydrogen) atoms. The molecule has 1 heterocycles. The maximum atomic E-state index is 13.4. The minimum absolute atomic E-state index is 0.0304. The molecule has 4 heteroatoms. The zero-order chi connectivity index (χ0) is 16.7. The van der Waals surface area contributed by atoms with Gasteiger partial charge in [0.1, 0.15) is 0 Å². The van der Waals surface area contributed by atoms with Gasteiger partial charge in [-0.2, -0.15) is 0 Å². The van der Waals surface area contributed by atoms with Crippen molar-refractivity contribution in [1.82, 2.24) is 9.80 Å². The van der Waals surface area contributed by atoms with Crippen molar-refractivity contribution < 1.29 is 9.59 Å². The van der Waals surface area contributed by atoms with E-state index < -0.39 is 0 Å². The summed E-state index contributed by atoms with van der Waals surface area (Å²) in [7, 11) is 0. The lowest BCUT2D eigenvalue weighted by Gasteiger charge is -2.56. The second-order valence-electron chi connectivity index (χ2n) is 8.97. The lowest BCUT2D eigenvalue weighted by Crippen LogP contribution is -2.55. The number of nitrogens with zero attached hydrogens (tertiary/aromatic N) is 2. The van der Waals surface area contributed by atoms with Crippen molar-refractivity contribution in [1.29, 1.82) is 0 Å². The highest BCUT2D eigenvalue weighted by Gasteiger charge is 2.55. The Bertz CT molecular complexity index is 480. The van der Waals surface area contributed by atoms with Gasteiger partial charge in [-0.05, 0) is 69.1 Å². The molecule has 4 saturated carbocycles. The van der Waals surface area contributed by atoms with Crippen LogP contribution in [-0.4, -0.2) is 47.8 Å². The number of amides is 2. The average molecular weight is 332 g/mol. The molecule has 1 saturated heterocycles. The third kappa shape index (κ3) is 2.86. The molecular formula is C20H32N2O2. The van der Waals surface area contributed by atoms with Crippen molar-refractivity contribution in [3.8, 4) is 0 Å². The van der Waals surface area contributed by atoms with E-state index >= 15 is 0 Å². The molecule has 5 fully saturated rings. The Morgan fingerprint density at radius 1 is 0.875 bits per heavy atom. The molecule has 0 radical (unpaired) electrons. The number of carbonyl (C=O) groups excluding carboxylic acids is 2. The standard InChI is InChI=1S/C20H32N2O2/c1-2-4-18(23)21-5-3-6-22(8-7-21)19(24)20-12-15-9-16(13-20)11-17(10-15)14-20/h15-17H,2-14H2,1H3. The number of hydrogen-bond acceptors (Lipinski definition) is 2. The van der Waals surface area contributed by atoms with E-state index in [0.717, 1.165) is 76.0 Å². The molecule has 0 aromatic rings. The first-order valence-electron chi connectivity index (χ1n) is 10.2. The van der Waals surface area contributed by atoms with Gasteiger partial charge in [-0.1, -0.05) is 6.92 Å². The Labute approximate surface area is 145 Å². The Morgan fingerprint density at radius 3 is 2.00 bits per heavy atom. The van der Waals surface area contributed by atoms with Gasteiger partial charge in [-0.3, -0.25) is 9.59 Å². The summed E-state index contributed by atoms with van der Waals surface area (Å²) >= 11 is 0. The number of hydrogen-bond donors (Lipinski definition) is 0. The molecule has 0 N–H and O–H groups in total. The van der Waals surface area contributed by atoms with Crippen molar-refractivity contribution in [2.45, 2.75) is 64.7 Å². The van der Waals surface area contributed by atoms with Crippen LogP contribution in [0.15, 0.2) is 0 Å². The largest absolute Gasteiger partial charge is 0.341 e. The van der Waals surface area contributed by atoms with E-state index in [4.69, 9.17) is 0 Å². The molecule has 4 bridgehead atoms. The molecule has 2 amide bonds. The van der Waals surface area contributed by atoms with Crippen molar-refractivity contribution in [3.63, 3.8) is 0 Å². The summed E-state index contributed by atoms with van der Waals surface area (Å²) in [4.78, 5) is 29.7. The van der Waals surface area contributed by atoms with Crippen LogP contribution in [0.3, 0.4) is 0 Å². The predicted octanol–water partition coefficient (Wildman–Crippen LogP) is 3.06. The van der Waals surface area contributed by atoms with Gasteiger partial charge in [-0.25, -0.2) is 0 Å². The summed E-state index contributed by atoms with van der Waals surface area (Å²) in [5, 5.41) is 0. The summed E-state index contributed by atoms with van der Waals surface area (Å²) in [6.45, 7) is 5.20. The molecule has 0 aromatic heterocycles. The summed E-state index contributed by atoms with van der Waals surface area (Å²) in [5.41, 5.74) is -0.0304. The van der Waals surface area contributed by atoms with Crippen LogP contribution in [0.5, 0.6) is 0 Å². The monoisotopic (exact) mass is 332 g/mol. The van der Waals surface area contributed by atoms with E-state index in [1.807, 2.05) is 4.90 Å². The first-order valence-corrected chi connectivity index (χ1v) is 10.2. The summed E-state index contributed by atoms with van der Waals surface area (Å²) < 4.78 is 0. The highest BCUT2D eigenvalue weighted by molar-refractivity contribution is 5.83. The fraction of sp³-hybridized carbons (Fsp3) is 0.900. The van der Waals surface area contributed by atoms with Gasteiger partial charge in [-0.15, -0.1) is 0 Å². The van der Waals surface area contributed by atoms with Gasteiger partial charge in [0.15, 0.2) is 0 Å².